The van der Waals surface area contributed by atoms with E-state index in [0.717, 1.165) is 0 Å². The lowest BCUT2D eigenvalue weighted by Gasteiger charge is -2.13. The van der Waals surface area contributed by atoms with Gasteiger partial charge in [-0.2, -0.15) is 4.72 Å². The number of benzene rings is 2. The molecule has 126 valence electrons. The number of rotatable bonds is 6. The summed E-state index contributed by atoms with van der Waals surface area (Å²) in [6.45, 7) is 0. The molecule has 2 aromatic rings. The molecule has 1 atom stereocenters. The van der Waals surface area contributed by atoms with Crippen LogP contribution in [-0.2, 0) is 19.6 Å². The molecule has 0 fully saturated rings. The maximum absolute atomic E-state index is 12.1. The lowest BCUT2D eigenvalue weighted by atomic mass is 10.2. The van der Waals surface area contributed by atoms with Gasteiger partial charge in [0.05, 0.1) is 23.0 Å². The average molecular weight is 348 g/mol. The number of esters is 2. The van der Waals surface area contributed by atoms with Gasteiger partial charge in [0.1, 0.15) is 0 Å². The van der Waals surface area contributed by atoms with Crippen molar-refractivity contribution in [1.29, 1.82) is 0 Å². The molecule has 3 N–H and O–H groups in total. The van der Waals surface area contributed by atoms with Crippen LogP contribution in [0.4, 0.5) is 0 Å². The Balaban J connectivity index is 1.91. The first-order valence-corrected chi connectivity index (χ1v) is 8.50. The predicted molar refractivity (Wildman–Crippen MR) is 86.2 cm³/mol. The van der Waals surface area contributed by atoms with Gasteiger partial charge in [0.25, 0.3) is 0 Å². The summed E-state index contributed by atoms with van der Waals surface area (Å²) >= 11 is 0. The second-order valence-corrected chi connectivity index (χ2v) is 6.59. The minimum atomic E-state index is -3.85. The summed E-state index contributed by atoms with van der Waals surface area (Å²) in [5.41, 5.74) is 5.82. The summed E-state index contributed by atoms with van der Waals surface area (Å²) in [6.07, 6.45) is -1.70. The molecule has 0 bridgehead atoms. The lowest BCUT2D eigenvalue weighted by molar-refractivity contribution is -0.138. The summed E-state index contributed by atoms with van der Waals surface area (Å²) in [5.74, 6) is -1.74. The first kappa shape index (κ1) is 17.8. The average Bonchev–Trinajstić information content (AvgIpc) is 2.55. The molecule has 0 saturated heterocycles. The Labute approximate surface area is 139 Å². The molecular weight excluding hydrogens is 332 g/mol. The zero-order chi connectivity index (χ0) is 17.6. The van der Waals surface area contributed by atoms with Crippen molar-refractivity contribution in [3.05, 3.63) is 66.2 Å². The fourth-order valence-corrected chi connectivity index (χ4v) is 3.00. The lowest BCUT2D eigenvalue weighted by Crippen LogP contribution is -2.43. The molecule has 0 radical (unpaired) electrons. The van der Waals surface area contributed by atoms with E-state index < -0.39 is 34.5 Å². The fraction of sp³-hybridized carbons (Fsp3) is 0.125. The third kappa shape index (κ3) is 4.98. The molecule has 0 aromatic heterocycles. The SMILES string of the molecule is N[C@H](CC(=O)OC(=O)c1ccccc1)NS(=O)(=O)c1ccccc1. The Morgan fingerprint density at radius 2 is 1.54 bits per heavy atom. The van der Waals surface area contributed by atoms with Crippen LogP contribution in [0.25, 0.3) is 0 Å². The highest BCUT2D eigenvalue weighted by Crippen LogP contribution is 2.08. The largest absolute Gasteiger partial charge is 0.389 e. The van der Waals surface area contributed by atoms with Crippen LogP contribution in [0.3, 0.4) is 0 Å². The zero-order valence-electron chi connectivity index (χ0n) is 12.6. The molecule has 0 aliphatic carbocycles. The molecule has 0 aliphatic heterocycles. The van der Waals surface area contributed by atoms with Crippen molar-refractivity contribution in [2.45, 2.75) is 17.5 Å². The standard InChI is InChI=1S/C16H16N2O5S/c17-14(18-24(21,22)13-9-5-2-6-10-13)11-15(19)23-16(20)12-7-3-1-4-8-12/h1-10,14,18H,11,17H2/t14-/m0/s1. The van der Waals surface area contributed by atoms with E-state index in [1.165, 1.54) is 24.3 Å². The summed E-state index contributed by atoms with van der Waals surface area (Å²) in [5, 5.41) is 0. The van der Waals surface area contributed by atoms with Crippen molar-refractivity contribution in [3.8, 4) is 0 Å². The monoisotopic (exact) mass is 348 g/mol. The predicted octanol–water partition coefficient (Wildman–Crippen LogP) is 1.02. The maximum atomic E-state index is 12.1. The van der Waals surface area contributed by atoms with Gasteiger partial charge in [-0.05, 0) is 24.3 Å². The summed E-state index contributed by atoms with van der Waals surface area (Å²) < 4.78 is 30.9. The Hall–Kier alpha value is -2.55. The zero-order valence-corrected chi connectivity index (χ0v) is 13.4. The van der Waals surface area contributed by atoms with Crippen LogP contribution < -0.4 is 10.5 Å². The van der Waals surface area contributed by atoms with Crippen LogP contribution in [0.1, 0.15) is 16.8 Å². The second-order valence-electron chi connectivity index (χ2n) is 4.87. The van der Waals surface area contributed by atoms with E-state index in [0.29, 0.717) is 0 Å². The second kappa shape index (κ2) is 7.82. The smallest absolute Gasteiger partial charge is 0.345 e. The quantitative estimate of drug-likeness (QED) is 0.457. The van der Waals surface area contributed by atoms with Gasteiger partial charge in [-0.1, -0.05) is 36.4 Å². The van der Waals surface area contributed by atoms with Gasteiger partial charge in [0.15, 0.2) is 0 Å². The third-order valence-corrected chi connectivity index (χ3v) is 4.47. The van der Waals surface area contributed by atoms with Crippen molar-refractivity contribution in [2.24, 2.45) is 5.73 Å². The minimum Gasteiger partial charge on any atom is -0.389 e. The third-order valence-electron chi connectivity index (χ3n) is 2.96. The number of nitrogens with one attached hydrogen (secondary N) is 1. The highest BCUT2D eigenvalue weighted by atomic mass is 32.2. The van der Waals surface area contributed by atoms with E-state index in [-0.39, 0.29) is 10.5 Å². The summed E-state index contributed by atoms with van der Waals surface area (Å²) in [7, 11) is -3.85. The van der Waals surface area contributed by atoms with Crippen LogP contribution in [0.5, 0.6) is 0 Å². The van der Waals surface area contributed by atoms with Crippen LogP contribution in [0, 0.1) is 0 Å². The molecule has 7 nitrogen and oxygen atoms in total. The van der Waals surface area contributed by atoms with Crippen molar-refractivity contribution < 1.29 is 22.7 Å². The molecule has 2 rings (SSSR count). The summed E-state index contributed by atoms with van der Waals surface area (Å²) in [4.78, 5) is 23.4. The van der Waals surface area contributed by atoms with E-state index in [1.807, 2.05) is 0 Å². The van der Waals surface area contributed by atoms with Gasteiger partial charge in [-0.15, -0.1) is 0 Å². The van der Waals surface area contributed by atoms with Crippen LogP contribution in [0.15, 0.2) is 65.6 Å². The number of sulfonamides is 1. The molecule has 0 spiro atoms. The van der Waals surface area contributed by atoms with Crippen molar-refractivity contribution >= 4 is 22.0 Å². The highest BCUT2D eigenvalue weighted by Gasteiger charge is 2.21. The normalized spacial score (nSPS) is 12.4. The number of hydrogen-bond donors (Lipinski definition) is 2. The molecule has 0 saturated carbocycles. The molecule has 0 aliphatic rings. The molecule has 8 heteroatoms. The van der Waals surface area contributed by atoms with E-state index in [1.54, 1.807) is 36.4 Å². The van der Waals surface area contributed by atoms with Gasteiger partial charge in [0.2, 0.25) is 10.0 Å². The van der Waals surface area contributed by atoms with Gasteiger partial charge in [-0.25, -0.2) is 13.2 Å². The van der Waals surface area contributed by atoms with E-state index >= 15 is 0 Å². The van der Waals surface area contributed by atoms with Crippen molar-refractivity contribution in [2.75, 3.05) is 0 Å². The Kier molecular flexibility index (Phi) is 5.80. The Morgan fingerprint density at radius 1 is 1.00 bits per heavy atom. The first-order valence-electron chi connectivity index (χ1n) is 7.01. The molecule has 0 amide bonds. The van der Waals surface area contributed by atoms with Crippen molar-refractivity contribution in [3.63, 3.8) is 0 Å². The van der Waals surface area contributed by atoms with Crippen LogP contribution in [0.2, 0.25) is 0 Å². The molecule has 24 heavy (non-hydrogen) atoms. The Bertz CT molecular complexity index is 807. The number of hydrogen-bond acceptors (Lipinski definition) is 6. The highest BCUT2D eigenvalue weighted by molar-refractivity contribution is 7.89. The molecule has 0 unspecified atom stereocenters. The number of ether oxygens (including phenoxy) is 1. The molecular formula is C16H16N2O5S. The Morgan fingerprint density at radius 3 is 2.12 bits per heavy atom. The minimum absolute atomic E-state index is 0.0224. The van der Waals surface area contributed by atoms with E-state index in [2.05, 4.69) is 9.46 Å². The van der Waals surface area contributed by atoms with Gasteiger partial charge >= 0.3 is 11.9 Å². The fourth-order valence-electron chi connectivity index (χ4n) is 1.87. The van der Waals surface area contributed by atoms with Gasteiger partial charge in [-0.3, -0.25) is 4.79 Å². The maximum Gasteiger partial charge on any atom is 0.345 e. The molecule has 2 aromatic carbocycles. The van der Waals surface area contributed by atoms with Crippen molar-refractivity contribution in [1.82, 2.24) is 4.72 Å². The van der Waals surface area contributed by atoms with Gasteiger partial charge < -0.3 is 10.5 Å². The van der Waals surface area contributed by atoms with Crippen LogP contribution >= 0.6 is 0 Å². The van der Waals surface area contributed by atoms with Crippen LogP contribution in [-0.4, -0.2) is 26.5 Å². The summed E-state index contributed by atoms with van der Waals surface area (Å²) in [6, 6.07) is 15.5. The first-order chi connectivity index (χ1) is 11.4. The van der Waals surface area contributed by atoms with Gasteiger partial charge in [0, 0.05) is 0 Å². The topological polar surface area (TPSA) is 116 Å². The number of carbonyl (C=O) groups excluding carboxylic acids is 2. The number of nitrogens with two attached hydrogens (primary N) is 1. The van der Waals surface area contributed by atoms with E-state index in [9.17, 15) is 18.0 Å². The molecule has 0 heterocycles. The van der Waals surface area contributed by atoms with E-state index in [4.69, 9.17) is 5.73 Å². The number of carbonyl (C=O) groups is 2.